The average Bonchev–Trinajstić information content (AvgIpc) is 2.20. The van der Waals surface area contributed by atoms with Crippen LogP contribution in [-0.4, -0.2) is 4.92 Å². The summed E-state index contributed by atoms with van der Waals surface area (Å²) < 4.78 is 0. The highest BCUT2D eigenvalue weighted by molar-refractivity contribution is 5.58. The van der Waals surface area contributed by atoms with Gasteiger partial charge in [-0.15, -0.1) is 0 Å². The number of non-ortho nitro benzene ring substituents is 1. The lowest BCUT2D eigenvalue weighted by Crippen LogP contribution is -2.06. The second-order valence-corrected chi connectivity index (χ2v) is 2.37. The van der Waals surface area contributed by atoms with Crippen LogP contribution in [0.2, 0.25) is 0 Å². The molecule has 68 valence electrons. The molecule has 0 saturated carbocycles. The van der Waals surface area contributed by atoms with E-state index < -0.39 is 4.92 Å². The molecule has 0 radical (unpaired) electrons. The van der Waals surface area contributed by atoms with Gasteiger partial charge in [0.2, 0.25) is 0 Å². The van der Waals surface area contributed by atoms with Crippen LogP contribution in [0.3, 0.4) is 0 Å². The Labute approximate surface area is 81.3 Å². The van der Waals surface area contributed by atoms with E-state index in [9.17, 15) is 10.1 Å². The summed E-state index contributed by atoms with van der Waals surface area (Å²) in [4.78, 5) is 11.0. The minimum absolute atomic E-state index is 0.00254. The predicted molar refractivity (Wildman–Crippen MR) is 53.2 cm³/mol. The van der Waals surface area contributed by atoms with Crippen molar-refractivity contribution in [3.8, 4) is 24.9 Å². The maximum Gasteiger partial charge on any atom is 0.269 e. The first-order chi connectivity index (χ1) is 6.69. The van der Waals surface area contributed by atoms with Crippen molar-refractivity contribution in [1.82, 2.24) is 0 Å². The van der Waals surface area contributed by atoms with Crippen LogP contribution in [0.5, 0.6) is 0 Å². The minimum Gasteiger partial charge on any atom is -0.258 e. The van der Waals surface area contributed by atoms with Crippen LogP contribution in [0.15, 0.2) is 24.3 Å². The SMILES string of the molecule is C#CN(C#C)c1ccc([N+](=O)[O-])cc1. The third-order valence-electron chi connectivity index (χ3n) is 1.58. The van der Waals surface area contributed by atoms with Crippen molar-refractivity contribution >= 4 is 11.4 Å². The first-order valence-corrected chi connectivity index (χ1v) is 3.66. The Bertz CT molecular complexity index is 409. The molecule has 14 heavy (non-hydrogen) atoms. The summed E-state index contributed by atoms with van der Waals surface area (Å²) in [5.74, 6) is 0. The van der Waals surface area contributed by atoms with E-state index in [1.807, 2.05) is 0 Å². The molecule has 4 nitrogen and oxygen atoms in total. The number of benzene rings is 1. The predicted octanol–water partition coefficient (Wildman–Crippen LogP) is 1.58. The quantitative estimate of drug-likeness (QED) is 0.305. The molecule has 0 N–H and O–H groups in total. The lowest BCUT2D eigenvalue weighted by Gasteiger charge is -2.07. The molecule has 0 amide bonds. The van der Waals surface area contributed by atoms with Gasteiger partial charge in [0.15, 0.2) is 0 Å². The van der Waals surface area contributed by atoms with Gasteiger partial charge in [-0.25, -0.2) is 4.90 Å². The Balaban J connectivity index is 3.01. The second-order valence-electron chi connectivity index (χ2n) is 2.37. The van der Waals surface area contributed by atoms with E-state index in [1.54, 1.807) is 0 Å². The van der Waals surface area contributed by atoms with E-state index in [-0.39, 0.29) is 5.69 Å². The summed E-state index contributed by atoms with van der Waals surface area (Å²) in [5, 5.41) is 10.3. The lowest BCUT2D eigenvalue weighted by atomic mass is 10.3. The van der Waals surface area contributed by atoms with E-state index in [0.29, 0.717) is 5.69 Å². The van der Waals surface area contributed by atoms with Gasteiger partial charge in [-0.2, -0.15) is 0 Å². The fourth-order valence-electron chi connectivity index (χ4n) is 0.910. The van der Waals surface area contributed by atoms with Crippen LogP contribution in [-0.2, 0) is 0 Å². The molecule has 1 aromatic rings. The number of hydrogen-bond donors (Lipinski definition) is 0. The molecule has 0 bridgehead atoms. The first kappa shape index (κ1) is 9.63. The van der Waals surface area contributed by atoms with Gasteiger partial charge in [-0.05, 0) is 12.1 Å². The minimum atomic E-state index is -0.486. The summed E-state index contributed by atoms with van der Waals surface area (Å²) in [5.41, 5.74) is 0.559. The third kappa shape index (κ3) is 1.82. The van der Waals surface area contributed by atoms with Crippen molar-refractivity contribution < 1.29 is 4.92 Å². The van der Waals surface area contributed by atoms with Crippen molar-refractivity contribution in [3.05, 3.63) is 34.4 Å². The fourth-order valence-corrected chi connectivity index (χ4v) is 0.910. The van der Waals surface area contributed by atoms with E-state index in [1.165, 1.54) is 29.2 Å². The zero-order valence-electron chi connectivity index (χ0n) is 7.18. The standard InChI is InChI=1S/C10H6N2O2/c1-3-11(4-2)9-5-7-10(8-6-9)12(13)14/h1-2,5-8H. The summed E-state index contributed by atoms with van der Waals surface area (Å²) in [6.45, 7) is 0. The largest absolute Gasteiger partial charge is 0.269 e. The van der Waals surface area contributed by atoms with Gasteiger partial charge in [-0.3, -0.25) is 10.1 Å². The van der Waals surface area contributed by atoms with Crippen LogP contribution in [0.25, 0.3) is 0 Å². The molecular formula is C10H6N2O2. The van der Waals surface area contributed by atoms with Crippen molar-refractivity contribution in [3.63, 3.8) is 0 Å². The Kier molecular flexibility index (Phi) is 2.73. The number of hydrogen-bond acceptors (Lipinski definition) is 3. The molecule has 0 unspecified atom stereocenters. The third-order valence-corrected chi connectivity index (χ3v) is 1.58. The van der Waals surface area contributed by atoms with Gasteiger partial charge < -0.3 is 0 Å². The molecule has 0 spiro atoms. The molecule has 0 saturated heterocycles. The topological polar surface area (TPSA) is 46.4 Å². The second kappa shape index (κ2) is 3.97. The van der Waals surface area contributed by atoms with Crippen LogP contribution in [0.1, 0.15) is 0 Å². The normalized spacial score (nSPS) is 8.43. The summed E-state index contributed by atoms with van der Waals surface area (Å²) in [7, 11) is 0. The molecule has 0 heterocycles. The fraction of sp³-hybridized carbons (Fsp3) is 0. The van der Waals surface area contributed by atoms with Gasteiger partial charge in [0, 0.05) is 24.2 Å². The number of nitro groups is 1. The Morgan fingerprint density at radius 1 is 1.21 bits per heavy atom. The first-order valence-electron chi connectivity index (χ1n) is 3.66. The van der Waals surface area contributed by atoms with Gasteiger partial charge in [0.25, 0.3) is 5.69 Å². The smallest absolute Gasteiger partial charge is 0.258 e. The number of rotatable bonds is 2. The molecule has 0 fully saturated rings. The van der Waals surface area contributed by atoms with Crippen molar-refractivity contribution in [2.45, 2.75) is 0 Å². The highest BCUT2D eigenvalue weighted by atomic mass is 16.6. The summed E-state index contributed by atoms with van der Waals surface area (Å²) in [6.07, 6.45) is 10.2. The van der Waals surface area contributed by atoms with Crippen molar-refractivity contribution in [1.29, 1.82) is 0 Å². The highest BCUT2D eigenvalue weighted by Gasteiger charge is 2.05. The highest BCUT2D eigenvalue weighted by Crippen LogP contribution is 2.17. The average molecular weight is 186 g/mol. The molecular weight excluding hydrogens is 180 g/mol. The summed E-state index contributed by atoms with van der Waals surface area (Å²) in [6, 6.07) is 10.2. The van der Waals surface area contributed by atoms with Gasteiger partial charge in [-0.1, -0.05) is 12.8 Å². The van der Waals surface area contributed by atoms with E-state index in [2.05, 4.69) is 12.1 Å². The number of anilines is 1. The van der Waals surface area contributed by atoms with Crippen molar-refractivity contribution in [2.75, 3.05) is 4.90 Å². The van der Waals surface area contributed by atoms with E-state index >= 15 is 0 Å². The molecule has 4 heteroatoms. The van der Waals surface area contributed by atoms with Crippen LogP contribution >= 0.6 is 0 Å². The van der Waals surface area contributed by atoms with Gasteiger partial charge in [0.1, 0.15) is 0 Å². The van der Waals surface area contributed by atoms with Crippen LogP contribution in [0.4, 0.5) is 11.4 Å². The number of terminal acetylenes is 2. The number of nitrogens with zero attached hydrogens (tertiary/aromatic N) is 2. The Morgan fingerprint density at radius 2 is 1.71 bits per heavy atom. The maximum absolute atomic E-state index is 10.3. The van der Waals surface area contributed by atoms with Crippen LogP contribution in [0, 0.1) is 35.0 Å². The zero-order chi connectivity index (χ0) is 10.6. The molecule has 0 aromatic heterocycles. The van der Waals surface area contributed by atoms with Gasteiger partial charge >= 0.3 is 0 Å². The molecule has 0 aliphatic rings. The monoisotopic (exact) mass is 186 g/mol. The maximum atomic E-state index is 10.3. The van der Waals surface area contributed by atoms with Crippen molar-refractivity contribution in [2.24, 2.45) is 0 Å². The Hall–Kier alpha value is -2.46. The van der Waals surface area contributed by atoms with Crippen LogP contribution < -0.4 is 4.90 Å². The lowest BCUT2D eigenvalue weighted by molar-refractivity contribution is -0.384. The Morgan fingerprint density at radius 3 is 2.07 bits per heavy atom. The molecule has 0 atom stereocenters. The van der Waals surface area contributed by atoms with E-state index in [0.717, 1.165) is 0 Å². The molecule has 0 aliphatic heterocycles. The molecule has 1 rings (SSSR count). The molecule has 1 aromatic carbocycles. The van der Waals surface area contributed by atoms with Gasteiger partial charge in [0.05, 0.1) is 10.6 Å². The number of nitro benzene ring substituents is 1. The molecule has 0 aliphatic carbocycles. The summed E-state index contributed by atoms with van der Waals surface area (Å²) >= 11 is 0. The zero-order valence-corrected chi connectivity index (χ0v) is 7.18. The van der Waals surface area contributed by atoms with E-state index in [4.69, 9.17) is 12.8 Å².